The van der Waals surface area contributed by atoms with E-state index in [2.05, 4.69) is 29.5 Å². The molecule has 1 rings (SSSR count). The zero-order chi connectivity index (χ0) is 11.1. The van der Waals surface area contributed by atoms with Crippen LogP contribution in [0.4, 0.5) is 0 Å². The van der Waals surface area contributed by atoms with E-state index in [4.69, 9.17) is 0 Å². The van der Waals surface area contributed by atoms with Gasteiger partial charge in [0.1, 0.15) is 0 Å². The standard InChI is InChI=1S/C12H23N3/c1-10(2)8-15-11-6-4-5-7-14-12(11)9-13-3/h9-10,14-15H,4-8H2,1-3H3. The Balaban J connectivity index is 2.64. The fourth-order valence-electron chi connectivity index (χ4n) is 1.65. The van der Waals surface area contributed by atoms with Crippen LogP contribution in [0.2, 0.25) is 0 Å². The van der Waals surface area contributed by atoms with Gasteiger partial charge in [0, 0.05) is 32.0 Å². The van der Waals surface area contributed by atoms with Crippen molar-refractivity contribution in [2.45, 2.75) is 33.1 Å². The van der Waals surface area contributed by atoms with Crippen LogP contribution in [0, 0.1) is 5.92 Å². The van der Waals surface area contributed by atoms with E-state index in [0.29, 0.717) is 5.92 Å². The molecule has 0 saturated carbocycles. The number of hydrogen-bond acceptors (Lipinski definition) is 3. The molecule has 3 nitrogen and oxygen atoms in total. The van der Waals surface area contributed by atoms with Crippen molar-refractivity contribution in [1.82, 2.24) is 10.6 Å². The van der Waals surface area contributed by atoms with E-state index in [1.165, 1.54) is 24.2 Å². The lowest BCUT2D eigenvalue weighted by atomic mass is 10.1. The van der Waals surface area contributed by atoms with E-state index in [9.17, 15) is 0 Å². The van der Waals surface area contributed by atoms with E-state index in [0.717, 1.165) is 19.5 Å². The van der Waals surface area contributed by atoms with Crippen LogP contribution in [0.1, 0.15) is 33.1 Å². The number of allylic oxidation sites excluding steroid dienone is 2. The predicted molar refractivity (Wildman–Crippen MR) is 66.1 cm³/mol. The molecule has 1 heterocycles. The van der Waals surface area contributed by atoms with Crippen LogP contribution >= 0.6 is 0 Å². The van der Waals surface area contributed by atoms with E-state index in [-0.39, 0.29) is 0 Å². The predicted octanol–water partition coefficient (Wildman–Crippen LogP) is 1.92. The Morgan fingerprint density at radius 1 is 1.47 bits per heavy atom. The number of aliphatic imine (C=N–C) groups is 1. The summed E-state index contributed by atoms with van der Waals surface area (Å²) in [5, 5.41) is 6.95. The van der Waals surface area contributed by atoms with Gasteiger partial charge in [0.2, 0.25) is 0 Å². The maximum atomic E-state index is 4.09. The normalized spacial score (nSPS) is 18.1. The molecule has 86 valence electrons. The van der Waals surface area contributed by atoms with E-state index >= 15 is 0 Å². The Bertz CT molecular complexity index is 241. The molecule has 0 amide bonds. The van der Waals surface area contributed by atoms with Crippen molar-refractivity contribution >= 4 is 6.21 Å². The van der Waals surface area contributed by atoms with E-state index < -0.39 is 0 Å². The third-order valence-corrected chi connectivity index (χ3v) is 2.48. The second-order valence-corrected chi connectivity index (χ2v) is 4.44. The first kappa shape index (κ1) is 12.1. The van der Waals surface area contributed by atoms with Gasteiger partial charge in [-0.25, -0.2) is 0 Å². The Hall–Kier alpha value is -0.990. The molecule has 0 aliphatic carbocycles. The van der Waals surface area contributed by atoms with Crippen LogP contribution in [-0.2, 0) is 0 Å². The summed E-state index contributed by atoms with van der Waals surface area (Å²) in [7, 11) is 1.82. The molecule has 0 radical (unpaired) electrons. The molecule has 0 spiro atoms. The highest BCUT2D eigenvalue weighted by atomic mass is 15.0. The summed E-state index contributed by atoms with van der Waals surface area (Å²) < 4.78 is 0. The fraction of sp³-hybridized carbons (Fsp3) is 0.750. The Labute approximate surface area is 93.1 Å². The fourth-order valence-corrected chi connectivity index (χ4v) is 1.65. The molecule has 1 aliphatic rings. The van der Waals surface area contributed by atoms with Gasteiger partial charge >= 0.3 is 0 Å². The average Bonchev–Trinajstić information content (AvgIpc) is 2.41. The maximum Gasteiger partial charge on any atom is 0.0714 e. The second-order valence-electron chi connectivity index (χ2n) is 4.44. The first-order valence-corrected chi connectivity index (χ1v) is 5.87. The molecule has 0 aromatic heterocycles. The summed E-state index contributed by atoms with van der Waals surface area (Å²) in [5.74, 6) is 0.681. The minimum Gasteiger partial charge on any atom is -0.386 e. The van der Waals surface area contributed by atoms with Crippen molar-refractivity contribution in [3.8, 4) is 0 Å². The van der Waals surface area contributed by atoms with Gasteiger partial charge < -0.3 is 10.6 Å². The van der Waals surface area contributed by atoms with Gasteiger partial charge in [0.05, 0.1) is 5.70 Å². The minimum atomic E-state index is 0.681. The van der Waals surface area contributed by atoms with Gasteiger partial charge in [0.15, 0.2) is 0 Å². The zero-order valence-corrected chi connectivity index (χ0v) is 10.1. The molecule has 15 heavy (non-hydrogen) atoms. The number of nitrogens with one attached hydrogen (secondary N) is 2. The van der Waals surface area contributed by atoms with Crippen LogP contribution < -0.4 is 10.6 Å². The van der Waals surface area contributed by atoms with Gasteiger partial charge in [-0.05, 0) is 25.2 Å². The maximum absolute atomic E-state index is 4.09. The van der Waals surface area contributed by atoms with Crippen molar-refractivity contribution in [3.63, 3.8) is 0 Å². The molecule has 3 heteroatoms. The largest absolute Gasteiger partial charge is 0.386 e. The SMILES string of the molecule is CN=CC1=C(NCC(C)C)CCCCN1. The first-order chi connectivity index (χ1) is 7.24. The summed E-state index contributed by atoms with van der Waals surface area (Å²) in [6, 6.07) is 0. The summed E-state index contributed by atoms with van der Waals surface area (Å²) in [5.41, 5.74) is 2.50. The third-order valence-electron chi connectivity index (χ3n) is 2.48. The highest BCUT2D eigenvalue weighted by Crippen LogP contribution is 2.11. The van der Waals surface area contributed by atoms with Crippen molar-refractivity contribution in [2.24, 2.45) is 10.9 Å². The van der Waals surface area contributed by atoms with Crippen LogP contribution in [0.3, 0.4) is 0 Å². The Morgan fingerprint density at radius 3 is 2.93 bits per heavy atom. The third kappa shape index (κ3) is 4.36. The molecule has 0 bridgehead atoms. The first-order valence-electron chi connectivity index (χ1n) is 5.87. The van der Waals surface area contributed by atoms with Gasteiger partial charge in [0.25, 0.3) is 0 Å². The van der Waals surface area contributed by atoms with E-state index in [1.54, 1.807) is 0 Å². The second kappa shape index (κ2) is 6.49. The number of hydrogen-bond donors (Lipinski definition) is 2. The molecular weight excluding hydrogens is 186 g/mol. The lowest BCUT2D eigenvalue weighted by Crippen LogP contribution is -2.24. The molecule has 0 unspecified atom stereocenters. The Morgan fingerprint density at radius 2 is 2.27 bits per heavy atom. The van der Waals surface area contributed by atoms with Gasteiger partial charge in [-0.1, -0.05) is 13.8 Å². The quantitative estimate of drug-likeness (QED) is 0.694. The zero-order valence-electron chi connectivity index (χ0n) is 10.1. The topological polar surface area (TPSA) is 36.4 Å². The van der Waals surface area contributed by atoms with Crippen molar-refractivity contribution in [2.75, 3.05) is 20.1 Å². The summed E-state index contributed by atoms with van der Waals surface area (Å²) in [6.07, 6.45) is 5.57. The molecule has 0 fully saturated rings. The molecular formula is C12H23N3. The number of rotatable bonds is 4. The summed E-state index contributed by atoms with van der Waals surface area (Å²) in [6.45, 7) is 6.56. The molecule has 2 N–H and O–H groups in total. The smallest absolute Gasteiger partial charge is 0.0714 e. The van der Waals surface area contributed by atoms with Crippen LogP contribution in [0.5, 0.6) is 0 Å². The molecule has 0 saturated heterocycles. The van der Waals surface area contributed by atoms with Gasteiger partial charge in [-0.15, -0.1) is 0 Å². The summed E-state index contributed by atoms with van der Waals surface area (Å²) >= 11 is 0. The average molecular weight is 209 g/mol. The van der Waals surface area contributed by atoms with Gasteiger partial charge in [-0.3, -0.25) is 4.99 Å². The van der Waals surface area contributed by atoms with Gasteiger partial charge in [-0.2, -0.15) is 0 Å². The molecule has 0 aromatic rings. The summed E-state index contributed by atoms with van der Waals surface area (Å²) in [4.78, 5) is 4.09. The van der Waals surface area contributed by atoms with Crippen molar-refractivity contribution < 1.29 is 0 Å². The molecule has 1 aliphatic heterocycles. The van der Waals surface area contributed by atoms with Crippen molar-refractivity contribution in [3.05, 3.63) is 11.4 Å². The minimum absolute atomic E-state index is 0.681. The monoisotopic (exact) mass is 209 g/mol. The molecule has 0 atom stereocenters. The van der Waals surface area contributed by atoms with Crippen LogP contribution in [0.25, 0.3) is 0 Å². The highest BCUT2D eigenvalue weighted by Gasteiger charge is 2.09. The van der Waals surface area contributed by atoms with E-state index in [1.807, 2.05) is 13.3 Å². The number of nitrogens with zero attached hydrogens (tertiary/aromatic N) is 1. The lowest BCUT2D eigenvalue weighted by molar-refractivity contribution is 0.579. The highest BCUT2D eigenvalue weighted by molar-refractivity contribution is 5.78. The van der Waals surface area contributed by atoms with Crippen molar-refractivity contribution in [1.29, 1.82) is 0 Å². The Kier molecular flexibility index (Phi) is 5.22. The lowest BCUT2D eigenvalue weighted by Gasteiger charge is -2.14. The molecule has 0 aromatic carbocycles. The van der Waals surface area contributed by atoms with Crippen LogP contribution in [0.15, 0.2) is 16.4 Å². The van der Waals surface area contributed by atoms with Crippen LogP contribution in [-0.4, -0.2) is 26.4 Å².